The van der Waals surface area contributed by atoms with Crippen LogP contribution in [0.3, 0.4) is 0 Å². The van der Waals surface area contributed by atoms with E-state index in [0.29, 0.717) is 6.54 Å². The molecule has 0 saturated heterocycles. The number of nitrogens with zero attached hydrogens (tertiary/aromatic N) is 1. The highest BCUT2D eigenvalue weighted by molar-refractivity contribution is 5.82. The van der Waals surface area contributed by atoms with E-state index < -0.39 is 0 Å². The lowest BCUT2D eigenvalue weighted by atomic mass is 10.0. The molecular formula is C15H23N3O. The molecule has 104 valence electrons. The molecule has 0 saturated carbocycles. The van der Waals surface area contributed by atoms with Crippen molar-refractivity contribution in [3.05, 3.63) is 29.8 Å². The van der Waals surface area contributed by atoms with E-state index >= 15 is 0 Å². The molecule has 1 atom stereocenters. The van der Waals surface area contributed by atoms with Gasteiger partial charge in [0.2, 0.25) is 5.91 Å². The number of hydrogen-bond acceptors (Lipinski definition) is 3. The summed E-state index contributed by atoms with van der Waals surface area (Å²) >= 11 is 0. The molecule has 4 heteroatoms. The van der Waals surface area contributed by atoms with Gasteiger partial charge in [-0.1, -0.05) is 18.2 Å². The molecule has 1 aromatic rings. The van der Waals surface area contributed by atoms with Gasteiger partial charge in [-0.05, 0) is 38.3 Å². The van der Waals surface area contributed by atoms with Gasteiger partial charge in [-0.2, -0.15) is 0 Å². The fourth-order valence-electron chi connectivity index (χ4n) is 2.57. The molecule has 1 aliphatic heterocycles. The highest BCUT2D eigenvalue weighted by atomic mass is 16.2. The predicted molar refractivity (Wildman–Crippen MR) is 78.1 cm³/mol. The molecular weight excluding hydrogens is 238 g/mol. The monoisotopic (exact) mass is 261 g/mol. The number of para-hydroxylation sites is 1. The molecule has 3 N–H and O–H groups in total. The summed E-state index contributed by atoms with van der Waals surface area (Å²) in [5.74, 6) is 0.0697. The average Bonchev–Trinajstić information content (AvgIpc) is 2.50. The van der Waals surface area contributed by atoms with E-state index in [4.69, 9.17) is 5.73 Å². The molecule has 0 aliphatic carbocycles. The van der Waals surface area contributed by atoms with Crippen molar-refractivity contribution in [1.29, 1.82) is 0 Å². The lowest BCUT2D eigenvalue weighted by Crippen LogP contribution is -2.40. The fraction of sp³-hybridized carbons (Fsp3) is 0.533. The van der Waals surface area contributed by atoms with Crippen molar-refractivity contribution >= 4 is 11.6 Å². The minimum atomic E-state index is 0.0697. The molecule has 1 unspecified atom stereocenters. The van der Waals surface area contributed by atoms with Crippen LogP contribution in [0.4, 0.5) is 5.69 Å². The van der Waals surface area contributed by atoms with Crippen molar-refractivity contribution in [2.24, 2.45) is 5.73 Å². The molecule has 1 aliphatic rings. The molecule has 0 spiro atoms. The fourth-order valence-corrected chi connectivity index (χ4v) is 2.57. The number of benzene rings is 1. The first kappa shape index (κ1) is 13.9. The number of carbonyl (C=O) groups excluding carboxylic acids is 1. The minimum Gasteiger partial charge on any atom is -0.362 e. The molecule has 0 radical (unpaired) electrons. The second-order valence-corrected chi connectivity index (χ2v) is 5.45. The van der Waals surface area contributed by atoms with E-state index in [2.05, 4.69) is 22.3 Å². The predicted octanol–water partition coefficient (Wildman–Crippen LogP) is 1.81. The van der Waals surface area contributed by atoms with E-state index in [-0.39, 0.29) is 18.0 Å². The topological polar surface area (TPSA) is 58.4 Å². The lowest BCUT2D eigenvalue weighted by molar-refractivity contribution is -0.120. The van der Waals surface area contributed by atoms with Gasteiger partial charge >= 0.3 is 0 Å². The van der Waals surface area contributed by atoms with Gasteiger partial charge in [-0.25, -0.2) is 0 Å². The van der Waals surface area contributed by atoms with Crippen LogP contribution in [0.2, 0.25) is 0 Å². The lowest BCUT2D eigenvalue weighted by Gasteiger charge is -2.25. The Balaban J connectivity index is 2.17. The molecule has 2 rings (SSSR count). The highest BCUT2D eigenvalue weighted by Crippen LogP contribution is 2.30. The summed E-state index contributed by atoms with van der Waals surface area (Å²) in [4.78, 5) is 14.1. The number of carbonyl (C=O) groups is 1. The maximum absolute atomic E-state index is 11.9. The number of fused-ring (bicyclic) bond motifs is 1. The average molecular weight is 261 g/mol. The van der Waals surface area contributed by atoms with Crippen molar-refractivity contribution in [2.75, 3.05) is 18.0 Å². The third kappa shape index (κ3) is 3.47. The quantitative estimate of drug-likeness (QED) is 0.872. The second kappa shape index (κ2) is 6.06. The normalized spacial score (nSPS) is 18.9. The maximum Gasteiger partial charge on any atom is 0.239 e. The maximum atomic E-state index is 11.9. The van der Waals surface area contributed by atoms with Gasteiger partial charge in [-0.15, -0.1) is 0 Å². The van der Waals surface area contributed by atoms with Crippen molar-refractivity contribution < 1.29 is 4.79 Å². The Labute approximate surface area is 115 Å². The van der Waals surface area contributed by atoms with Crippen LogP contribution in [-0.2, 0) is 4.79 Å². The number of hydrogen-bond donors (Lipinski definition) is 2. The van der Waals surface area contributed by atoms with Gasteiger partial charge in [0, 0.05) is 24.3 Å². The van der Waals surface area contributed by atoms with Crippen LogP contribution in [0.1, 0.15) is 38.3 Å². The minimum absolute atomic E-state index is 0.0697. The number of anilines is 1. The van der Waals surface area contributed by atoms with Gasteiger partial charge in [0.15, 0.2) is 0 Å². The summed E-state index contributed by atoms with van der Waals surface area (Å²) in [5.41, 5.74) is 8.45. The van der Waals surface area contributed by atoms with E-state index in [1.807, 2.05) is 26.0 Å². The van der Waals surface area contributed by atoms with Gasteiger partial charge in [0.1, 0.15) is 0 Å². The van der Waals surface area contributed by atoms with E-state index in [1.165, 1.54) is 0 Å². The molecule has 0 aromatic heterocycles. The Morgan fingerprint density at radius 3 is 2.95 bits per heavy atom. The van der Waals surface area contributed by atoms with Gasteiger partial charge in [-0.3, -0.25) is 4.79 Å². The Kier molecular flexibility index (Phi) is 4.43. The third-order valence-electron chi connectivity index (χ3n) is 3.40. The number of rotatable bonds is 3. The van der Waals surface area contributed by atoms with Crippen LogP contribution in [0.15, 0.2) is 24.3 Å². The van der Waals surface area contributed by atoms with Crippen LogP contribution < -0.4 is 16.0 Å². The summed E-state index contributed by atoms with van der Waals surface area (Å²) in [5, 5.41) is 2.94. The first-order chi connectivity index (χ1) is 9.08. The SMILES string of the molecule is CC(C)NC(=O)CN1CCCC(N)c2ccccc21. The third-order valence-corrected chi connectivity index (χ3v) is 3.40. The van der Waals surface area contributed by atoms with Crippen LogP contribution in [0, 0.1) is 0 Å². The Morgan fingerprint density at radius 2 is 2.21 bits per heavy atom. The highest BCUT2D eigenvalue weighted by Gasteiger charge is 2.21. The summed E-state index contributed by atoms with van der Waals surface area (Å²) in [7, 11) is 0. The number of amides is 1. The van der Waals surface area contributed by atoms with Crippen LogP contribution in [-0.4, -0.2) is 25.0 Å². The second-order valence-electron chi connectivity index (χ2n) is 5.45. The first-order valence-electron chi connectivity index (χ1n) is 6.96. The molecule has 0 bridgehead atoms. The van der Waals surface area contributed by atoms with Crippen molar-refractivity contribution in [3.8, 4) is 0 Å². The van der Waals surface area contributed by atoms with Crippen LogP contribution in [0.5, 0.6) is 0 Å². The van der Waals surface area contributed by atoms with Gasteiger partial charge in [0.05, 0.1) is 6.54 Å². The number of nitrogens with two attached hydrogens (primary N) is 1. The van der Waals surface area contributed by atoms with E-state index in [9.17, 15) is 4.79 Å². The summed E-state index contributed by atoms with van der Waals surface area (Å²) in [6.07, 6.45) is 1.99. The van der Waals surface area contributed by atoms with Crippen LogP contribution >= 0.6 is 0 Å². The molecule has 1 heterocycles. The first-order valence-corrected chi connectivity index (χ1v) is 6.96. The Hall–Kier alpha value is -1.55. The van der Waals surface area contributed by atoms with Gasteiger partial charge in [0.25, 0.3) is 0 Å². The summed E-state index contributed by atoms with van der Waals surface area (Å²) in [6.45, 7) is 5.24. The van der Waals surface area contributed by atoms with Gasteiger partial charge < -0.3 is 16.0 Å². The van der Waals surface area contributed by atoms with Crippen molar-refractivity contribution in [2.45, 2.75) is 38.8 Å². The zero-order valence-corrected chi connectivity index (χ0v) is 11.7. The van der Waals surface area contributed by atoms with Crippen molar-refractivity contribution in [3.63, 3.8) is 0 Å². The number of nitrogens with one attached hydrogen (secondary N) is 1. The summed E-state index contributed by atoms with van der Waals surface area (Å²) in [6, 6.07) is 8.40. The molecule has 0 fully saturated rings. The zero-order valence-electron chi connectivity index (χ0n) is 11.7. The van der Waals surface area contributed by atoms with E-state index in [1.54, 1.807) is 0 Å². The van der Waals surface area contributed by atoms with Crippen LogP contribution in [0.25, 0.3) is 0 Å². The Morgan fingerprint density at radius 1 is 1.47 bits per heavy atom. The molecule has 1 amide bonds. The van der Waals surface area contributed by atoms with Crippen molar-refractivity contribution in [1.82, 2.24) is 5.32 Å². The Bertz CT molecular complexity index is 445. The largest absolute Gasteiger partial charge is 0.362 e. The molecule has 19 heavy (non-hydrogen) atoms. The summed E-state index contributed by atoms with van der Waals surface area (Å²) < 4.78 is 0. The standard InChI is InChI=1S/C15H23N3O/c1-11(2)17-15(19)10-18-9-5-7-13(16)12-6-3-4-8-14(12)18/h3-4,6,8,11,13H,5,7,9-10,16H2,1-2H3,(H,17,19). The molecule has 4 nitrogen and oxygen atoms in total. The zero-order chi connectivity index (χ0) is 13.8. The smallest absolute Gasteiger partial charge is 0.239 e. The van der Waals surface area contributed by atoms with E-state index in [0.717, 1.165) is 30.6 Å². The molecule has 1 aromatic carbocycles.